The molecule has 0 aliphatic heterocycles. The van der Waals surface area contributed by atoms with Crippen LogP contribution < -0.4 is 5.73 Å². The number of aliphatic hydroxyl groups excluding tert-OH is 1. The van der Waals surface area contributed by atoms with Gasteiger partial charge in [0.15, 0.2) is 0 Å². The van der Waals surface area contributed by atoms with Crippen molar-refractivity contribution in [3.05, 3.63) is 0 Å². The second-order valence-corrected chi connectivity index (χ2v) is 9.26. The van der Waals surface area contributed by atoms with Crippen molar-refractivity contribution in [2.24, 2.45) is 5.73 Å². The molecule has 0 radical (unpaired) electrons. The molecule has 0 rings (SSSR count). The fourth-order valence-electron chi connectivity index (χ4n) is 2.90. The van der Waals surface area contributed by atoms with Crippen LogP contribution in [-0.2, 0) is 4.57 Å². The van der Waals surface area contributed by atoms with E-state index in [4.69, 9.17) is 25.0 Å². The lowest BCUT2D eigenvalue weighted by molar-refractivity contribution is 0.0925. The molecule has 1 unspecified atom stereocenters. The van der Waals surface area contributed by atoms with Gasteiger partial charge in [0.2, 0.25) is 0 Å². The largest absolute Gasteiger partial charge is 0.466 e. The minimum atomic E-state index is -4.64. The third-order valence-corrected chi connectivity index (χ3v) is 4.69. The average Bonchev–Trinajstić information content (AvgIpc) is 2.52. The first kappa shape index (κ1) is 29.2. The normalized spacial score (nSPS) is 13.2. The first-order valence-corrected chi connectivity index (χ1v) is 12.3. The van der Waals surface area contributed by atoms with Crippen molar-refractivity contribution < 1.29 is 24.4 Å². The van der Waals surface area contributed by atoms with E-state index in [1.807, 2.05) is 13.8 Å². The van der Waals surface area contributed by atoms with Crippen LogP contribution in [0.1, 0.15) is 117 Å². The topological polar surface area (TPSA) is 124 Å². The highest BCUT2D eigenvalue weighted by Crippen LogP contribution is 2.25. The van der Waals surface area contributed by atoms with Gasteiger partial charge in [-0.15, -0.1) is 0 Å². The predicted octanol–water partition coefficient (Wildman–Crippen LogP) is 5.03. The maximum absolute atomic E-state index is 9.85. The van der Waals surface area contributed by atoms with Gasteiger partial charge in [-0.05, 0) is 20.3 Å². The number of rotatable bonds is 16. The summed E-state index contributed by atoms with van der Waals surface area (Å²) in [5.74, 6) is 0. The molecule has 0 aliphatic carbocycles. The molecule has 7 heteroatoms. The van der Waals surface area contributed by atoms with E-state index in [2.05, 4.69) is 6.92 Å². The van der Waals surface area contributed by atoms with E-state index in [1.165, 1.54) is 83.5 Å². The van der Waals surface area contributed by atoms with Crippen LogP contribution in [0.25, 0.3) is 0 Å². The zero-order valence-corrected chi connectivity index (χ0v) is 18.8. The van der Waals surface area contributed by atoms with Gasteiger partial charge in [-0.2, -0.15) is 0 Å². The van der Waals surface area contributed by atoms with Crippen molar-refractivity contribution in [1.29, 1.82) is 0 Å². The van der Waals surface area contributed by atoms with Gasteiger partial charge < -0.3 is 25.5 Å². The summed E-state index contributed by atoms with van der Waals surface area (Å²) in [6.07, 6.45) is 19.7. The van der Waals surface area contributed by atoms with Crippen molar-refractivity contribution in [2.75, 3.05) is 0 Å². The van der Waals surface area contributed by atoms with Gasteiger partial charge >= 0.3 is 7.82 Å². The molecule has 0 bridgehead atoms. The van der Waals surface area contributed by atoms with E-state index < -0.39 is 13.4 Å². The van der Waals surface area contributed by atoms with Crippen LogP contribution in [0.2, 0.25) is 0 Å². The fourth-order valence-corrected chi connectivity index (χ4v) is 2.90. The highest BCUT2D eigenvalue weighted by molar-refractivity contribution is 7.45. The number of hydrogen-bond acceptors (Lipinski definition) is 3. The lowest BCUT2D eigenvalue weighted by Gasteiger charge is -2.25. The highest BCUT2D eigenvalue weighted by atomic mass is 31.2. The molecule has 27 heavy (non-hydrogen) atoms. The molecule has 1 atom stereocenters. The Balaban J connectivity index is 0. The van der Waals surface area contributed by atoms with Gasteiger partial charge in [0.1, 0.15) is 0 Å². The van der Waals surface area contributed by atoms with E-state index in [0.29, 0.717) is 0 Å². The van der Waals surface area contributed by atoms with E-state index in [1.54, 1.807) is 0 Å². The molecule has 6 nitrogen and oxygen atoms in total. The Kier molecular flexibility index (Phi) is 19.6. The first-order chi connectivity index (χ1) is 12.5. The Morgan fingerprint density at radius 2 is 1.00 bits per heavy atom. The summed E-state index contributed by atoms with van der Waals surface area (Å²) in [6, 6.07) is 0. The van der Waals surface area contributed by atoms with Crippen LogP contribution in [0.5, 0.6) is 0 Å². The van der Waals surface area contributed by atoms with Gasteiger partial charge in [-0.3, -0.25) is 0 Å². The monoisotopic (exact) mass is 411 g/mol. The summed E-state index contributed by atoms with van der Waals surface area (Å²) in [7, 11) is -4.64. The molecule has 0 heterocycles. The van der Waals surface area contributed by atoms with Gasteiger partial charge in [0.05, 0.1) is 6.10 Å². The van der Waals surface area contributed by atoms with Gasteiger partial charge in [-0.25, -0.2) is 4.57 Å². The maximum Gasteiger partial charge on any atom is 0.466 e. The number of hydrogen-bond donors (Lipinski definition) is 5. The quantitative estimate of drug-likeness (QED) is 0.179. The summed E-state index contributed by atoms with van der Waals surface area (Å²) in [6.45, 7) is 6.09. The van der Waals surface area contributed by atoms with E-state index >= 15 is 0 Å². The summed E-state index contributed by atoms with van der Waals surface area (Å²) in [5, 5.41) is 9.85. The van der Waals surface area contributed by atoms with Crippen molar-refractivity contribution in [3.8, 4) is 0 Å². The minimum Gasteiger partial charge on any atom is -0.391 e. The summed E-state index contributed by atoms with van der Waals surface area (Å²) >= 11 is 0. The Morgan fingerprint density at radius 1 is 0.741 bits per heavy atom. The maximum atomic E-state index is 9.85. The molecule has 6 N–H and O–H groups in total. The van der Waals surface area contributed by atoms with Gasteiger partial charge in [-0.1, -0.05) is 96.8 Å². The molecule has 0 fully saturated rings. The molecule has 0 spiro atoms. The van der Waals surface area contributed by atoms with Gasteiger partial charge in [0, 0.05) is 5.54 Å². The molecular formula is C20H46NO5P. The molecule has 0 aromatic carbocycles. The molecular weight excluding hydrogens is 365 g/mol. The minimum absolute atomic E-state index is 0.357. The summed E-state index contributed by atoms with van der Waals surface area (Å²) in [5.41, 5.74) is 5.44. The molecule has 166 valence electrons. The third-order valence-electron chi connectivity index (χ3n) is 4.69. The van der Waals surface area contributed by atoms with Crippen LogP contribution in [0, 0.1) is 0 Å². The zero-order chi connectivity index (χ0) is 21.2. The summed E-state index contributed by atoms with van der Waals surface area (Å²) < 4.78 is 8.88. The van der Waals surface area contributed by atoms with Crippen LogP contribution in [0.15, 0.2) is 0 Å². The van der Waals surface area contributed by atoms with Crippen molar-refractivity contribution in [2.45, 2.75) is 129 Å². The number of aliphatic hydroxyl groups is 1. The number of phosphoric acid groups is 1. The highest BCUT2D eigenvalue weighted by Gasteiger charge is 2.21. The van der Waals surface area contributed by atoms with Crippen LogP contribution >= 0.6 is 7.82 Å². The predicted molar refractivity (Wildman–Crippen MR) is 113 cm³/mol. The third kappa shape index (κ3) is 31.0. The molecule has 0 saturated heterocycles. The lowest BCUT2D eigenvalue weighted by Crippen LogP contribution is -2.44. The Hall–Kier alpha value is 0.0300. The SMILES string of the molecule is CCCCCCCCCCCCCCCCC(O)C(C)(C)N.O=P(O)(O)O. The first-order valence-electron chi connectivity index (χ1n) is 10.7. The standard InChI is InChI=1S/C20H43NO.H3O4P/c1-4-5-6-7-8-9-10-11-12-13-14-15-16-17-18-19(22)20(2,3)21;1-5(2,3)4/h19,22H,4-18,21H2,1-3H3;(H3,1,2,3,4). The zero-order valence-electron chi connectivity index (χ0n) is 17.9. The Morgan fingerprint density at radius 3 is 1.26 bits per heavy atom. The molecule has 0 amide bonds. The van der Waals surface area contributed by atoms with Crippen molar-refractivity contribution in [3.63, 3.8) is 0 Å². The van der Waals surface area contributed by atoms with Crippen LogP contribution in [-0.4, -0.2) is 31.4 Å². The van der Waals surface area contributed by atoms with Crippen LogP contribution in [0.4, 0.5) is 0 Å². The Bertz CT molecular complexity index is 347. The van der Waals surface area contributed by atoms with E-state index in [9.17, 15) is 5.11 Å². The second-order valence-electron chi connectivity index (χ2n) is 8.24. The van der Waals surface area contributed by atoms with Crippen LogP contribution in [0.3, 0.4) is 0 Å². The Labute approximate surface area is 167 Å². The number of unbranched alkanes of at least 4 members (excludes halogenated alkanes) is 13. The molecule has 0 aromatic rings. The number of nitrogens with two attached hydrogens (primary N) is 1. The van der Waals surface area contributed by atoms with Crippen molar-refractivity contribution in [1.82, 2.24) is 0 Å². The van der Waals surface area contributed by atoms with Gasteiger partial charge in [0.25, 0.3) is 0 Å². The summed E-state index contributed by atoms with van der Waals surface area (Å²) in [4.78, 5) is 21.6. The lowest BCUT2D eigenvalue weighted by atomic mass is 9.94. The molecule has 0 aliphatic rings. The second kappa shape index (κ2) is 18.1. The molecule has 0 aromatic heterocycles. The molecule has 0 saturated carbocycles. The van der Waals surface area contributed by atoms with E-state index in [0.717, 1.165) is 12.8 Å². The van der Waals surface area contributed by atoms with Crippen molar-refractivity contribution >= 4 is 7.82 Å². The fraction of sp³-hybridized carbons (Fsp3) is 1.00. The smallest absolute Gasteiger partial charge is 0.391 e. The van der Waals surface area contributed by atoms with E-state index in [-0.39, 0.29) is 6.10 Å². The average molecular weight is 412 g/mol.